The van der Waals surface area contributed by atoms with Crippen LogP contribution in [0.1, 0.15) is 11.1 Å². The number of carbonyl (C=O) groups excluding carboxylic acids is 1. The summed E-state index contributed by atoms with van der Waals surface area (Å²) in [4.78, 5) is 26.1. The molecule has 0 aliphatic carbocycles. The summed E-state index contributed by atoms with van der Waals surface area (Å²) >= 11 is 1.19. The number of ether oxygens (including phenoxy) is 1. The Kier molecular flexibility index (Phi) is 7.82. The van der Waals surface area contributed by atoms with Gasteiger partial charge in [0, 0.05) is 20.1 Å². The minimum atomic E-state index is -2.88. The zero-order chi connectivity index (χ0) is 22.2. The normalized spacial score (nSPS) is 11.0. The first kappa shape index (κ1) is 22.5. The van der Waals surface area contributed by atoms with Crippen molar-refractivity contribution in [2.75, 3.05) is 12.8 Å². The van der Waals surface area contributed by atoms with E-state index in [1.165, 1.54) is 33.4 Å². The fraction of sp³-hybridized carbons (Fsp3) is 0.286. The van der Waals surface area contributed by atoms with Crippen molar-refractivity contribution in [2.24, 2.45) is 0 Å². The molecule has 0 radical (unpaired) electrons. The smallest absolute Gasteiger partial charge is 0.387 e. The summed E-state index contributed by atoms with van der Waals surface area (Å²) in [5, 5.41) is 6.91. The predicted molar refractivity (Wildman–Crippen MR) is 113 cm³/mol. The van der Waals surface area contributed by atoms with Gasteiger partial charge in [-0.3, -0.25) is 9.36 Å². The summed E-state index contributed by atoms with van der Waals surface area (Å²) in [6.07, 6.45) is 0.674. The third-order valence-electron chi connectivity index (χ3n) is 4.51. The van der Waals surface area contributed by atoms with Gasteiger partial charge in [0.2, 0.25) is 5.91 Å². The Morgan fingerprint density at radius 3 is 2.55 bits per heavy atom. The van der Waals surface area contributed by atoms with Crippen molar-refractivity contribution in [3.05, 3.63) is 76.2 Å². The van der Waals surface area contributed by atoms with Crippen molar-refractivity contribution in [1.29, 1.82) is 0 Å². The fourth-order valence-corrected chi connectivity index (χ4v) is 3.78. The van der Waals surface area contributed by atoms with Crippen LogP contribution in [-0.4, -0.2) is 45.0 Å². The van der Waals surface area contributed by atoms with Gasteiger partial charge in [-0.15, -0.1) is 5.10 Å². The van der Waals surface area contributed by atoms with Gasteiger partial charge in [-0.2, -0.15) is 8.78 Å². The van der Waals surface area contributed by atoms with Crippen molar-refractivity contribution in [3.8, 4) is 5.75 Å². The van der Waals surface area contributed by atoms with Crippen LogP contribution in [0.4, 0.5) is 8.78 Å². The van der Waals surface area contributed by atoms with Crippen LogP contribution in [-0.2, 0) is 24.3 Å². The second-order valence-corrected chi connectivity index (χ2v) is 7.70. The van der Waals surface area contributed by atoms with E-state index < -0.39 is 6.61 Å². The first-order chi connectivity index (χ1) is 14.9. The van der Waals surface area contributed by atoms with E-state index in [1.807, 2.05) is 30.3 Å². The third-order valence-corrected chi connectivity index (χ3v) is 5.47. The third kappa shape index (κ3) is 6.68. The predicted octanol–water partition coefficient (Wildman–Crippen LogP) is 3.17. The lowest BCUT2D eigenvalue weighted by molar-refractivity contribution is -0.127. The molecule has 10 heteroatoms. The van der Waals surface area contributed by atoms with Gasteiger partial charge in [0.15, 0.2) is 5.16 Å². The summed E-state index contributed by atoms with van der Waals surface area (Å²) in [7, 11) is 1.65. The number of aromatic nitrogens is 3. The lowest BCUT2D eigenvalue weighted by atomic mass is 10.1. The number of hydrogen-bond acceptors (Lipinski definition) is 5. The maximum Gasteiger partial charge on any atom is 0.387 e. The van der Waals surface area contributed by atoms with Gasteiger partial charge in [0.05, 0.1) is 5.75 Å². The van der Waals surface area contributed by atoms with Crippen LogP contribution in [0.2, 0.25) is 0 Å². The molecule has 1 N–H and O–H groups in total. The number of H-pyrrole nitrogens is 1. The molecule has 0 aliphatic rings. The molecular formula is C21H22F2N4O3S. The van der Waals surface area contributed by atoms with Crippen molar-refractivity contribution in [2.45, 2.75) is 31.3 Å². The highest BCUT2D eigenvalue weighted by atomic mass is 32.2. The Morgan fingerprint density at radius 2 is 1.87 bits per heavy atom. The molecule has 0 bridgehead atoms. The molecule has 3 aromatic rings. The van der Waals surface area contributed by atoms with E-state index in [0.29, 0.717) is 24.7 Å². The number of nitrogens with zero attached hydrogens (tertiary/aromatic N) is 3. The van der Waals surface area contributed by atoms with Crippen LogP contribution in [0.15, 0.2) is 64.5 Å². The number of alkyl halides is 2. The van der Waals surface area contributed by atoms with Crippen molar-refractivity contribution < 1.29 is 18.3 Å². The minimum Gasteiger partial charge on any atom is -0.435 e. The standard InChI is InChI=1S/C21H22F2N4O3S/c1-26(13-16-7-9-17(10-8-16)30-19(22)23)18(28)14-31-21-25-24-20(29)27(21)12-11-15-5-3-2-4-6-15/h2-10,19H,11-14H2,1H3,(H,24,29). The Labute approximate surface area is 182 Å². The average Bonchev–Trinajstić information content (AvgIpc) is 3.11. The molecule has 0 saturated carbocycles. The van der Waals surface area contributed by atoms with Crippen molar-refractivity contribution >= 4 is 17.7 Å². The van der Waals surface area contributed by atoms with E-state index in [4.69, 9.17) is 0 Å². The summed E-state index contributed by atoms with van der Waals surface area (Å²) in [5.74, 6) is 0.0249. The molecule has 0 saturated heterocycles. The molecule has 0 atom stereocenters. The summed E-state index contributed by atoms with van der Waals surface area (Å²) < 4.78 is 30.3. The van der Waals surface area contributed by atoms with Gasteiger partial charge in [-0.25, -0.2) is 9.89 Å². The summed E-state index contributed by atoms with van der Waals surface area (Å²) in [5.41, 5.74) is 1.57. The lowest BCUT2D eigenvalue weighted by Crippen LogP contribution is -2.28. The molecule has 2 aromatic carbocycles. The molecule has 3 rings (SSSR count). The number of aryl methyl sites for hydroxylation is 1. The van der Waals surface area contributed by atoms with Gasteiger partial charge in [-0.05, 0) is 29.7 Å². The largest absolute Gasteiger partial charge is 0.435 e. The van der Waals surface area contributed by atoms with Crippen LogP contribution in [0.5, 0.6) is 5.75 Å². The maximum atomic E-state index is 12.5. The fourth-order valence-electron chi connectivity index (χ4n) is 2.87. The number of rotatable bonds is 10. The number of halogens is 2. The second kappa shape index (κ2) is 10.8. The number of hydrogen-bond donors (Lipinski definition) is 1. The highest BCUT2D eigenvalue weighted by Crippen LogP contribution is 2.18. The SMILES string of the molecule is CN(Cc1ccc(OC(F)F)cc1)C(=O)CSc1n[nH]c(=O)n1CCc1ccccc1. The van der Waals surface area contributed by atoms with E-state index in [9.17, 15) is 18.4 Å². The number of nitrogens with one attached hydrogen (secondary N) is 1. The second-order valence-electron chi connectivity index (χ2n) is 6.76. The quantitative estimate of drug-likeness (QED) is 0.482. The van der Waals surface area contributed by atoms with Crippen LogP contribution >= 0.6 is 11.8 Å². The van der Waals surface area contributed by atoms with Gasteiger partial charge in [0.1, 0.15) is 5.75 Å². The Bertz CT molecular complexity index is 1040. The Hall–Kier alpha value is -3.14. The lowest BCUT2D eigenvalue weighted by Gasteiger charge is -2.17. The maximum absolute atomic E-state index is 12.5. The summed E-state index contributed by atoms with van der Waals surface area (Å²) in [6, 6.07) is 15.9. The van der Waals surface area contributed by atoms with Gasteiger partial charge >= 0.3 is 12.3 Å². The number of thioether (sulfide) groups is 1. The molecule has 1 heterocycles. The number of aromatic amines is 1. The van der Waals surface area contributed by atoms with E-state index in [0.717, 1.165) is 11.1 Å². The Morgan fingerprint density at radius 1 is 1.16 bits per heavy atom. The molecule has 0 unspecified atom stereocenters. The number of benzene rings is 2. The van der Waals surface area contributed by atoms with Gasteiger partial charge in [0.25, 0.3) is 0 Å². The molecule has 1 amide bonds. The van der Waals surface area contributed by atoms with Crippen LogP contribution in [0, 0.1) is 0 Å². The van der Waals surface area contributed by atoms with Gasteiger partial charge < -0.3 is 9.64 Å². The molecule has 7 nitrogen and oxygen atoms in total. The van der Waals surface area contributed by atoms with Crippen LogP contribution < -0.4 is 10.4 Å². The van der Waals surface area contributed by atoms with E-state index in [1.54, 1.807) is 19.2 Å². The van der Waals surface area contributed by atoms with Gasteiger partial charge in [-0.1, -0.05) is 54.2 Å². The molecule has 0 aliphatic heterocycles. The minimum absolute atomic E-state index is 0.0651. The molecule has 0 fully saturated rings. The van der Waals surface area contributed by atoms with Crippen LogP contribution in [0.3, 0.4) is 0 Å². The zero-order valence-electron chi connectivity index (χ0n) is 16.8. The monoisotopic (exact) mass is 448 g/mol. The molecule has 164 valence electrons. The van der Waals surface area contributed by atoms with E-state index in [-0.39, 0.29) is 23.1 Å². The molecule has 1 aromatic heterocycles. The number of carbonyl (C=O) groups is 1. The average molecular weight is 448 g/mol. The van der Waals surface area contributed by atoms with E-state index in [2.05, 4.69) is 14.9 Å². The van der Waals surface area contributed by atoms with Crippen molar-refractivity contribution in [1.82, 2.24) is 19.7 Å². The first-order valence-corrected chi connectivity index (χ1v) is 10.5. The van der Waals surface area contributed by atoms with Crippen LogP contribution in [0.25, 0.3) is 0 Å². The highest BCUT2D eigenvalue weighted by Gasteiger charge is 2.15. The molecule has 31 heavy (non-hydrogen) atoms. The van der Waals surface area contributed by atoms with Crippen molar-refractivity contribution in [3.63, 3.8) is 0 Å². The zero-order valence-corrected chi connectivity index (χ0v) is 17.6. The summed E-state index contributed by atoms with van der Waals surface area (Å²) in [6.45, 7) is -2.10. The number of amides is 1. The molecule has 0 spiro atoms. The van der Waals surface area contributed by atoms with E-state index >= 15 is 0 Å². The topological polar surface area (TPSA) is 80.2 Å². The first-order valence-electron chi connectivity index (χ1n) is 9.52. The molecular weight excluding hydrogens is 426 g/mol. The Balaban J connectivity index is 1.52. The highest BCUT2D eigenvalue weighted by molar-refractivity contribution is 7.99.